The van der Waals surface area contributed by atoms with Crippen LogP contribution in [0.2, 0.25) is 0 Å². The van der Waals surface area contributed by atoms with Crippen LogP contribution in [0.5, 0.6) is 0 Å². The van der Waals surface area contributed by atoms with Gasteiger partial charge in [-0.15, -0.1) is 0 Å². The molecule has 7 nitrogen and oxygen atoms in total. The lowest BCUT2D eigenvalue weighted by Gasteiger charge is -2.01. The van der Waals surface area contributed by atoms with Crippen molar-refractivity contribution >= 4 is 48.9 Å². The molecule has 0 bridgehead atoms. The molecule has 1 N–H and O–H groups in total. The van der Waals surface area contributed by atoms with Crippen LogP contribution in [0.1, 0.15) is 0 Å². The molecule has 122 valence electrons. The third kappa shape index (κ3) is 5.57. The highest BCUT2D eigenvalue weighted by Gasteiger charge is 2.12. The third-order valence-corrected chi connectivity index (χ3v) is 3.52. The zero-order chi connectivity index (χ0) is 17.6. The number of benzene rings is 2. The van der Waals surface area contributed by atoms with Crippen LogP contribution in [0.15, 0.2) is 45.3 Å². The minimum atomic E-state index is -0.829. The summed E-state index contributed by atoms with van der Waals surface area (Å²) in [5.74, 6) is -0.829. The van der Waals surface area contributed by atoms with E-state index in [-0.39, 0.29) is 5.69 Å². The van der Waals surface area contributed by atoms with E-state index in [4.69, 9.17) is 0 Å². The second-order valence-electron chi connectivity index (χ2n) is 4.02. The SMILES string of the molecule is CNc1cc(Br)ccc1[N+](=O)[O-].O=[N+]([O-])c1ccc(Br)cc1F. The van der Waals surface area contributed by atoms with Crippen LogP contribution in [-0.4, -0.2) is 16.9 Å². The predicted molar refractivity (Wildman–Crippen MR) is 91.1 cm³/mol. The molecule has 0 aliphatic rings. The van der Waals surface area contributed by atoms with Crippen molar-refractivity contribution in [1.29, 1.82) is 0 Å². The minimum absolute atomic E-state index is 0.0840. The Balaban J connectivity index is 0.000000231. The molecular formula is C13H10Br2FN3O4. The Morgan fingerprint density at radius 3 is 1.87 bits per heavy atom. The van der Waals surface area contributed by atoms with Crippen LogP contribution >= 0.6 is 31.9 Å². The second kappa shape index (κ2) is 8.53. The van der Waals surface area contributed by atoms with Crippen molar-refractivity contribution in [2.75, 3.05) is 12.4 Å². The molecule has 0 aliphatic heterocycles. The summed E-state index contributed by atoms with van der Waals surface area (Å²) in [7, 11) is 1.65. The van der Waals surface area contributed by atoms with Gasteiger partial charge in [-0.05, 0) is 24.3 Å². The normalized spacial score (nSPS) is 9.57. The fraction of sp³-hybridized carbons (Fsp3) is 0.0769. The summed E-state index contributed by atoms with van der Waals surface area (Å²) in [5.41, 5.74) is 0.0864. The van der Waals surface area contributed by atoms with Crippen molar-refractivity contribution in [2.45, 2.75) is 0 Å². The molecule has 2 aromatic carbocycles. The molecule has 2 aromatic rings. The van der Waals surface area contributed by atoms with Gasteiger partial charge in [0.1, 0.15) is 5.69 Å². The zero-order valence-corrected chi connectivity index (χ0v) is 14.8. The molecular weight excluding hydrogens is 441 g/mol. The lowest BCUT2D eigenvalue weighted by molar-refractivity contribution is -0.387. The van der Waals surface area contributed by atoms with E-state index in [0.29, 0.717) is 10.2 Å². The van der Waals surface area contributed by atoms with E-state index in [1.54, 1.807) is 19.2 Å². The summed E-state index contributed by atoms with van der Waals surface area (Å²) in [6.45, 7) is 0. The molecule has 0 spiro atoms. The average molecular weight is 451 g/mol. The standard InChI is InChI=1S/C7H7BrN2O2.C6H3BrFNO2/c1-9-6-4-5(8)2-3-7(6)10(11)12;7-4-1-2-6(9(10)11)5(8)3-4/h2-4,9H,1H3;1-3H. The number of hydrogen-bond acceptors (Lipinski definition) is 5. The van der Waals surface area contributed by atoms with Gasteiger partial charge in [-0.25, -0.2) is 0 Å². The molecule has 10 heteroatoms. The summed E-state index contributed by atoms with van der Waals surface area (Å²) in [5, 5.41) is 23.3. The topological polar surface area (TPSA) is 98.3 Å². The number of anilines is 1. The lowest BCUT2D eigenvalue weighted by atomic mass is 10.3. The van der Waals surface area contributed by atoms with E-state index < -0.39 is 21.4 Å². The van der Waals surface area contributed by atoms with E-state index in [9.17, 15) is 24.6 Å². The van der Waals surface area contributed by atoms with Crippen molar-refractivity contribution in [1.82, 2.24) is 0 Å². The first-order chi connectivity index (χ1) is 10.8. The highest BCUT2D eigenvalue weighted by molar-refractivity contribution is 9.10. The quantitative estimate of drug-likeness (QED) is 0.529. The Kier molecular flexibility index (Phi) is 7.04. The maximum atomic E-state index is 12.6. The predicted octanol–water partition coefficient (Wildman–Crippen LogP) is 4.90. The van der Waals surface area contributed by atoms with Crippen LogP contribution in [0, 0.1) is 26.0 Å². The van der Waals surface area contributed by atoms with Gasteiger partial charge in [-0.3, -0.25) is 20.2 Å². The van der Waals surface area contributed by atoms with Gasteiger partial charge in [0.2, 0.25) is 5.82 Å². The van der Waals surface area contributed by atoms with Gasteiger partial charge in [0.25, 0.3) is 5.69 Å². The number of hydrogen-bond donors (Lipinski definition) is 1. The Labute approximate surface area is 147 Å². The average Bonchev–Trinajstić information content (AvgIpc) is 2.46. The summed E-state index contributed by atoms with van der Waals surface area (Å²) < 4.78 is 13.9. The van der Waals surface area contributed by atoms with Gasteiger partial charge in [0, 0.05) is 28.1 Å². The smallest absolute Gasteiger partial charge is 0.304 e. The minimum Gasteiger partial charge on any atom is -0.383 e. The summed E-state index contributed by atoms with van der Waals surface area (Å²) in [4.78, 5) is 19.3. The fourth-order valence-corrected chi connectivity index (χ4v) is 2.19. The number of rotatable bonds is 3. The molecule has 0 heterocycles. The van der Waals surface area contributed by atoms with Crippen LogP contribution in [-0.2, 0) is 0 Å². The molecule has 0 aromatic heterocycles. The third-order valence-electron chi connectivity index (χ3n) is 2.53. The van der Waals surface area contributed by atoms with Crippen molar-refractivity contribution in [3.63, 3.8) is 0 Å². The Morgan fingerprint density at radius 1 is 0.957 bits per heavy atom. The zero-order valence-electron chi connectivity index (χ0n) is 11.6. The first-order valence-electron chi connectivity index (χ1n) is 5.97. The van der Waals surface area contributed by atoms with Crippen molar-refractivity contribution < 1.29 is 14.2 Å². The first-order valence-corrected chi connectivity index (χ1v) is 7.56. The molecule has 0 atom stereocenters. The molecule has 0 saturated carbocycles. The highest BCUT2D eigenvalue weighted by Crippen LogP contribution is 2.27. The molecule has 0 unspecified atom stereocenters. The van der Waals surface area contributed by atoms with E-state index in [2.05, 4.69) is 37.2 Å². The molecule has 0 amide bonds. The van der Waals surface area contributed by atoms with E-state index in [1.165, 1.54) is 12.1 Å². The maximum Gasteiger partial charge on any atom is 0.304 e. The number of nitrogens with one attached hydrogen (secondary N) is 1. The number of nitro groups is 2. The van der Waals surface area contributed by atoms with Crippen LogP contribution < -0.4 is 5.32 Å². The molecule has 23 heavy (non-hydrogen) atoms. The first kappa shape index (κ1) is 19.0. The number of halogens is 3. The van der Waals surface area contributed by atoms with Gasteiger partial charge in [-0.1, -0.05) is 31.9 Å². The lowest BCUT2D eigenvalue weighted by Crippen LogP contribution is -1.95. The summed E-state index contributed by atoms with van der Waals surface area (Å²) in [6, 6.07) is 8.34. The highest BCUT2D eigenvalue weighted by atomic mass is 79.9. The fourth-order valence-electron chi connectivity index (χ4n) is 1.50. The van der Waals surface area contributed by atoms with E-state index in [0.717, 1.165) is 16.6 Å². The van der Waals surface area contributed by atoms with Gasteiger partial charge in [0.15, 0.2) is 0 Å². The molecule has 0 fully saturated rings. The van der Waals surface area contributed by atoms with Crippen molar-refractivity contribution in [3.8, 4) is 0 Å². The molecule has 0 saturated heterocycles. The van der Waals surface area contributed by atoms with Gasteiger partial charge in [0.05, 0.1) is 9.85 Å². The van der Waals surface area contributed by atoms with Crippen LogP contribution in [0.3, 0.4) is 0 Å². The van der Waals surface area contributed by atoms with Gasteiger partial charge < -0.3 is 5.32 Å². The number of nitrogens with zero attached hydrogens (tertiary/aromatic N) is 2. The Hall–Kier alpha value is -2.07. The van der Waals surface area contributed by atoms with Crippen LogP contribution in [0.4, 0.5) is 21.5 Å². The Bertz CT molecular complexity index is 743. The molecule has 2 rings (SSSR count). The van der Waals surface area contributed by atoms with Crippen molar-refractivity contribution in [3.05, 3.63) is 71.4 Å². The Morgan fingerprint density at radius 2 is 1.43 bits per heavy atom. The number of nitro benzene ring substituents is 2. The second-order valence-corrected chi connectivity index (χ2v) is 5.85. The van der Waals surface area contributed by atoms with E-state index in [1.807, 2.05) is 0 Å². The largest absolute Gasteiger partial charge is 0.383 e. The van der Waals surface area contributed by atoms with Gasteiger partial charge >= 0.3 is 5.69 Å². The van der Waals surface area contributed by atoms with Gasteiger partial charge in [-0.2, -0.15) is 4.39 Å². The monoisotopic (exact) mass is 449 g/mol. The maximum absolute atomic E-state index is 12.6. The molecule has 0 radical (unpaired) electrons. The summed E-state index contributed by atoms with van der Waals surface area (Å²) in [6.07, 6.45) is 0. The van der Waals surface area contributed by atoms with Crippen LogP contribution in [0.25, 0.3) is 0 Å². The summed E-state index contributed by atoms with van der Waals surface area (Å²) >= 11 is 6.21. The van der Waals surface area contributed by atoms with Crippen molar-refractivity contribution in [2.24, 2.45) is 0 Å². The van der Waals surface area contributed by atoms with E-state index >= 15 is 0 Å². The molecule has 0 aliphatic carbocycles.